The first-order valence-corrected chi connectivity index (χ1v) is 6.02. The van der Waals surface area contributed by atoms with Gasteiger partial charge < -0.3 is 5.11 Å². The summed E-state index contributed by atoms with van der Waals surface area (Å²) < 4.78 is 0.676. The lowest BCUT2D eigenvalue weighted by atomic mass is 10.2. The Morgan fingerprint density at radius 2 is 2.17 bits per heavy atom. The van der Waals surface area contributed by atoms with Gasteiger partial charge in [-0.15, -0.1) is 0 Å². The number of aromatic hydroxyl groups is 1. The van der Waals surface area contributed by atoms with Crippen molar-refractivity contribution in [3.05, 3.63) is 45.7 Å². The molecular weight excluding hydrogens is 321 g/mol. The molecule has 0 radical (unpaired) electrons. The van der Waals surface area contributed by atoms with Gasteiger partial charge in [-0.3, -0.25) is 10.1 Å². The smallest absolute Gasteiger partial charge is 0.261 e. The van der Waals surface area contributed by atoms with Gasteiger partial charge in [0.1, 0.15) is 10.9 Å². The van der Waals surface area contributed by atoms with E-state index in [4.69, 9.17) is 11.6 Å². The molecule has 5 nitrogen and oxygen atoms in total. The SMILES string of the molecule is O=C(Nc1nccc(Cl)n1)c1ccc(Br)cc1O. The Labute approximate surface area is 116 Å². The summed E-state index contributed by atoms with van der Waals surface area (Å²) in [7, 11) is 0. The average molecular weight is 329 g/mol. The highest BCUT2D eigenvalue weighted by Crippen LogP contribution is 2.22. The van der Waals surface area contributed by atoms with Gasteiger partial charge in [0.05, 0.1) is 5.56 Å². The largest absolute Gasteiger partial charge is 0.507 e. The molecule has 1 amide bonds. The van der Waals surface area contributed by atoms with Gasteiger partial charge >= 0.3 is 0 Å². The number of hydrogen-bond donors (Lipinski definition) is 2. The molecule has 0 saturated heterocycles. The number of hydrogen-bond acceptors (Lipinski definition) is 4. The number of phenols is 1. The maximum Gasteiger partial charge on any atom is 0.261 e. The zero-order valence-electron chi connectivity index (χ0n) is 8.89. The minimum atomic E-state index is -0.512. The third-order valence-electron chi connectivity index (χ3n) is 2.05. The van der Waals surface area contributed by atoms with Crippen molar-refractivity contribution in [2.24, 2.45) is 0 Å². The fraction of sp³-hybridized carbons (Fsp3) is 0. The molecule has 7 heteroatoms. The molecule has 0 unspecified atom stereocenters. The molecule has 0 aliphatic carbocycles. The lowest BCUT2D eigenvalue weighted by molar-refractivity contribution is 0.102. The van der Waals surface area contributed by atoms with E-state index in [0.717, 1.165) is 0 Å². The molecule has 0 bridgehead atoms. The van der Waals surface area contributed by atoms with Gasteiger partial charge in [0.15, 0.2) is 0 Å². The van der Waals surface area contributed by atoms with Crippen molar-refractivity contribution < 1.29 is 9.90 Å². The average Bonchev–Trinajstić information content (AvgIpc) is 2.28. The summed E-state index contributed by atoms with van der Waals surface area (Å²) in [4.78, 5) is 19.5. The third-order valence-corrected chi connectivity index (χ3v) is 2.76. The van der Waals surface area contributed by atoms with Crippen LogP contribution in [-0.2, 0) is 0 Å². The van der Waals surface area contributed by atoms with Crippen LogP contribution in [0, 0.1) is 0 Å². The second-order valence-corrected chi connectivity index (χ2v) is 4.62. The van der Waals surface area contributed by atoms with Gasteiger partial charge in [0.2, 0.25) is 5.95 Å². The molecule has 92 valence electrons. The maximum atomic E-state index is 11.8. The van der Waals surface area contributed by atoms with Crippen molar-refractivity contribution >= 4 is 39.4 Å². The van der Waals surface area contributed by atoms with Crippen LogP contribution in [0.3, 0.4) is 0 Å². The quantitative estimate of drug-likeness (QED) is 0.831. The zero-order valence-corrected chi connectivity index (χ0v) is 11.2. The Bertz CT molecular complexity index is 607. The summed E-state index contributed by atoms with van der Waals surface area (Å²) in [5.74, 6) is -0.569. The van der Waals surface area contributed by atoms with Crippen LogP contribution >= 0.6 is 27.5 Å². The molecule has 1 aromatic carbocycles. The number of aromatic nitrogens is 2. The predicted octanol–water partition coefficient (Wildman–Crippen LogP) is 2.85. The van der Waals surface area contributed by atoms with Gasteiger partial charge in [-0.25, -0.2) is 9.97 Å². The van der Waals surface area contributed by atoms with Crippen LogP contribution in [0.1, 0.15) is 10.4 Å². The monoisotopic (exact) mass is 327 g/mol. The van der Waals surface area contributed by atoms with Crippen LogP contribution < -0.4 is 5.32 Å². The fourth-order valence-electron chi connectivity index (χ4n) is 1.26. The number of benzene rings is 1. The van der Waals surface area contributed by atoms with Crippen molar-refractivity contribution in [2.75, 3.05) is 5.32 Å². The highest BCUT2D eigenvalue weighted by molar-refractivity contribution is 9.10. The number of carbonyl (C=O) groups is 1. The summed E-state index contributed by atoms with van der Waals surface area (Å²) >= 11 is 8.86. The molecule has 2 N–H and O–H groups in total. The van der Waals surface area contributed by atoms with E-state index in [0.29, 0.717) is 4.47 Å². The third kappa shape index (κ3) is 2.96. The molecule has 0 fully saturated rings. The van der Waals surface area contributed by atoms with Gasteiger partial charge in [0, 0.05) is 10.7 Å². The van der Waals surface area contributed by atoms with E-state index in [1.807, 2.05) is 0 Å². The summed E-state index contributed by atoms with van der Waals surface area (Å²) in [6.07, 6.45) is 1.42. The number of rotatable bonds is 2. The molecule has 1 aromatic heterocycles. The van der Waals surface area contributed by atoms with Crippen molar-refractivity contribution in [3.63, 3.8) is 0 Å². The molecule has 0 aliphatic rings. The molecule has 0 saturated carbocycles. The van der Waals surface area contributed by atoms with Crippen molar-refractivity contribution in [1.29, 1.82) is 0 Å². The maximum absolute atomic E-state index is 11.8. The van der Waals surface area contributed by atoms with E-state index in [9.17, 15) is 9.90 Å². The normalized spacial score (nSPS) is 10.1. The molecule has 0 spiro atoms. The van der Waals surface area contributed by atoms with Gasteiger partial charge in [-0.05, 0) is 24.3 Å². The number of anilines is 1. The van der Waals surface area contributed by atoms with Crippen molar-refractivity contribution in [1.82, 2.24) is 9.97 Å². The number of nitrogens with one attached hydrogen (secondary N) is 1. The van der Waals surface area contributed by atoms with Gasteiger partial charge in [-0.1, -0.05) is 27.5 Å². The minimum absolute atomic E-state index is 0.0785. The number of halogens is 2. The first kappa shape index (κ1) is 12.8. The second kappa shape index (κ2) is 5.32. The van der Waals surface area contributed by atoms with Gasteiger partial charge in [-0.2, -0.15) is 0 Å². The van der Waals surface area contributed by atoms with E-state index in [2.05, 4.69) is 31.2 Å². The van der Waals surface area contributed by atoms with Crippen LogP contribution in [0.2, 0.25) is 5.15 Å². The Kier molecular flexibility index (Phi) is 3.78. The summed E-state index contributed by atoms with van der Waals surface area (Å²) in [6.45, 7) is 0. The van der Waals surface area contributed by atoms with E-state index in [-0.39, 0.29) is 22.4 Å². The molecule has 2 aromatic rings. The van der Waals surface area contributed by atoms with Crippen molar-refractivity contribution in [2.45, 2.75) is 0 Å². The second-order valence-electron chi connectivity index (χ2n) is 3.32. The molecular formula is C11H7BrClN3O2. The zero-order chi connectivity index (χ0) is 13.1. The Hall–Kier alpha value is -1.66. The standard InChI is InChI=1S/C11H7BrClN3O2/c12-6-1-2-7(8(17)5-6)10(18)16-11-14-4-3-9(13)15-11/h1-5,17H,(H,14,15,16,18). The highest BCUT2D eigenvalue weighted by atomic mass is 79.9. The topological polar surface area (TPSA) is 75.1 Å². The Morgan fingerprint density at radius 1 is 1.39 bits per heavy atom. The first-order valence-electron chi connectivity index (χ1n) is 4.84. The molecule has 0 aliphatic heterocycles. The molecule has 18 heavy (non-hydrogen) atoms. The number of amides is 1. The van der Waals surface area contributed by atoms with E-state index >= 15 is 0 Å². The minimum Gasteiger partial charge on any atom is -0.507 e. The first-order chi connectivity index (χ1) is 8.56. The lowest BCUT2D eigenvalue weighted by Crippen LogP contribution is -2.14. The van der Waals surface area contributed by atoms with E-state index in [1.165, 1.54) is 24.4 Å². The summed E-state index contributed by atoms with van der Waals surface area (Å²) in [5, 5.41) is 12.3. The number of phenolic OH excluding ortho intramolecular Hbond substituents is 1. The molecule has 2 rings (SSSR count). The number of nitrogens with zero attached hydrogens (tertiary/aromatic N) is 2. The van der Waals surface area contributed by atoms with Crippen molar-refractivity contribution in [3.8, 4) is 5.75 Å². The fourth-order valence-corrected chi connectivity index (χ4v) is 1.75. The number of carbonyl (C=O) groups excluding carboxylic acids is 1. The van der Waals surface area contributed by atoms with Crippen LogP contribution in [0.5, 0.6) is 5.75 Å². The molecule has 1 heterocycles. The lowest BCUT2D eigenvalue weighted by Gasteiger charge is -2.05. The Morgan fingerprint density at radius 3 is 2.83 bits per heavy atom. The van der Waals surface area contributed by atoms with Crippen LogP contribution in [0.4, 0.5) is 5.95 Å². The summed E-state index contributed by atoms with van der Waals surface area (Å²) in [5.41, 5.74) is 0.127. The Balaban J connectivity index is 2.22. The van der Waals surface area contributed by atoms with Crippen LogP contribution in [0.15, 0.2) is 34.9 Å². The summed E-state index contributed by atoms with van der Waals surface area (Å²) in [6, 6.07) is 6.05. The molecule has 0 atom stereocenters. The van der Waals surface area contributed by atoms with Crippen LogP contribution in [-0.4, -0.2) is 21.0 Å². The van der Waals surface area contributed by atoms with E-state index in [1.54, 1.807) is 6.07 Å². The van der Waals surface area contributed by atoms with Gasteiger partial charge in [0.25, 0.3) is 5.91 Å². The highest BCUT2D eigenvalue weighted by Gasteiger charge is 2.12. The van der Waals surface area contributed by atoms with Crippen LogP contribution in [0.25, 0.3) is 0 Å². The predicted molar refractivity (Wildman–Crippen MR) is 70.8 cm³/mol. The van der Waals surface area contributed by atoms with E-state index < -0.39 is 5.91 Å².